The van der Waals surface area contributed by atoms with Crippen LogP contribution >= 0.6 is 11.3 Å². The van der Waals surface area contributed by atoms with Gasteiger partial charge in [0.1, 0.15) is 0 Å². The Kier molecular flexibility index (Phi) is 6.23. The first-order chi connectivity index (χ1) is 14.5. The van der Waals surface area contributed by atoms with E-state index in [9.17, 15) is 13.8 Å². The summed E-state index contributed by atoms with van der Waals surface area (Å²) < 4.78 is 18.6. The molecule has 2 saturated heterocycles. The summed E-state index contributed by atoms with van der Waals surface area (Å²) in [6, 6.07) is 7.20. The Morgan fingerprint density at radius 3 is 2.90 bits per heavy atom. The fourth-order valence-corrected chi connectivity index (χ4v) is 6.84. The molecule has 0 N–H and O–H groups in total. The van der Waals surface area contributed by atoms with Crippen LogP contribution in [0.15, 0.2) is 34.0 Å². The molecule has 0 aliphatic carbocycles. The van der Waals surface area contributed by atoms with Crippen LogP contribution in [0.1, 0.15) is 29.6 Å². The molecule has 2 aliphatic rings. The molecule has 6 nitrogen and oxygen atoms in total. The van der Waals surface area contributed by atoms with Crippen molar-refractivity contribution >= 4 is 43.0 Å². The summed E-state index contributed by atoms with van der Waals surface area (Å²) in [7, 11) is -2.69. The smallest absolute Gasteiger partial charge is 0.285 e. The van der Waals surface area contributed by atoms with E-state index in [-0.39, 0.29) is 17.7 Å². The molecule has 2 amide bonds. The molecule has 1 aromatic heterocycles. The molecule has 0 radical (unpaired) electrons. The van der Waals surface area contributed by atoms with Gasteiger partial charge in [-0.3, -0.25) is 14.5 Å². The second-order valence-electron chi connectivity index (χ2n) is 7.76. The summed E-state index contributed by atoms with van der Waals surface area (Å²) in [6.07, 6.45) is 7.77. The highest BCUT2D eigenvalue weighted by atomic mass is 32.2. The van der Waals surface area contributed by atoms with Crippen LogP contribution in [0.4, 0.5) is 0 Å². The van der Waals surface area contributed by atoms with Crippen molar-refractivity contribution in [1.82, 2.24) is 9.80 Å². The third-order valence-corrected chi connectivity index (χ3v) is 8.92. The van der Waals surface area contributed by atoms with Gasteiger partial charge in [0.25, 0.3) is 5.91 Å². The summed E-state index contributed by atoms with van der Waals surface area (Å²) in [4.78, 5) is 29.5. The first-order valence-corrected chi connectivity index (χ1v) is 12.9. The van der Waals surface area contributed by atoms with Crippen molar-refractivity contribution in [2.45, 2.75) is 25.3 Å². The summed E-state index contributed by atoms with van der Waals surface area (Å²) in [5, 5.41) is 2.96. The van der Waals surface area contributed by atoms with E-state index in [1.54, 1.807) is 28.4 Å². The second-order valence-corrected chi connectivity index (χ2v) is 11.3. The molecule has 158 valence electrons. The SMILES string of the molecule is C#CCN1CCC[C@H]1C(=O)N1CCCS(=O)(=NC(=O)c2ccc3sccc3c2)CC1. The lowest BCUT2D eigenvalue weighted by atomic mass is 10.1. The Balaban J connectivity index is 1.47. The number of fused-ring (bicyclic) bond motifs is 1. The number of carbonyl (C=O) groups is 2. The molecule has 1 unspecified atom stereocenters. The summed E-state index contributed by atoms with van der Waals surface area (Å²) in [5.41, 5.74) is 0.455. The quantitative estimate of drug-likeness (QED) is 0.684. The molecule has 1 aromatic carbocycles. The number of benzene rings is 1. The van der Waals surface area contributed by atoms with Crippen LogP contribution in [0.3, 0.4) is 0 Å². The Bertz CT molecular complexity index is 1120. The van der Waals surface area contributed by atoms with E-state index in [4.69, 9.17) is 6.42 Å². The fourth-order valence-electron chi connectivity index (χ4n) is 4.19. The van der Waals surface area contributed by atoms with Crippen molar-refractivity contribution in [3.8, 4) is 12.3 Å². The molecule has 0 spiro atoms. The molecule has 3 heterocycles. The van der Waals surface area contributed by atoms with Crippen LogP contribution < -0.4 is 0 Å². The molecule has 4 rings (SSSR count). The average Bonchev–Trinajstić information content (AvgIpc) is 3.34. The van der Waals surface area contributed by atoms with Crippen molar-refractivity contribution in [3.63, 3.8) is 0 Å². The van der Waals surface area contributed by atoms with Gasteiger partial charge < -0.3 is 4.90 Å². The number of hydrogen-bond acceptors (Lipinski definition) is 5. The first kappa shape index (κ1) is 21.0. The van der Waals surface area contributed by atoms with Gasteiger partial charge in [-0.2, -0.15) is 4.36 Å². The number of carbonyl (C=O) groups excluding carboxylic acids is 2. The van der Waals surface area contributed by atoms with Crippen molar-refractivity contribution in [1.29, 1.82) is 0 Å². The van der Waals surface area contributed by atoms with E-state index >= 15 is 0 Å². The highest BCUT2D eigenvalue weighted by molar-refractivity contribution is 7.93. The third kappa shape index (κ3) is 4.43. The van der Waals surface area contributed by atoms with Gasteiger partial charge in [-0.15, -0.1) is 17.8 Å². The molecule has 8 heteroatoms. The number of amides is 2. The standard InChI is InChI=1S/C22H25N3O3S2/c1-2-9-24-10-3-5-19(24)22(27)25-11-4-14-30(28,15-12-25)23-21(26)18-6-7-20-17(16-18)8-13-29-20/h1,6-8,13,16,19H,3-5,9-12,14-15H2/t19-,30?/m0/s1. The molecule has 30 heavy (non-hydrogen) atoms. The lowest BCUT2D eigenvalue weighted by Gasteiger charge is -2.28. The van der Waals surface area contributed by atoms with Crippen molar-refractivity contribution < 1.29 is 13.8 Å². The second kappa shape index (κ2) is 8.88. The van der Waals surface area contributed by atoms with Gasteiger partial charge in [0.15, 0.2) is 0 Å². The number of rotatable bonds is 3. The molecule has 0 bridgehead atoms. The number of nitrogens with zero attached hydrogens (tertiary/aromatic N) is 3. The maximum Gasteiger partial charge on any atom is 0.285 e. The summed E-state index contributed by atoms with van der Waals surface area (Å²) >= 11 is 1.61. The minimum Gasteiger partial charge on any atom is -0.340 e. The Hall–Kier alpha value is -2.21. The monoisotopic (exact) mass is 443 g/mol. The van der Waals surface area contributed by atoms with E-state index in [1.807, 2.05) is 22.4 Å². The third-order valence-electron chi connectivity index (χ3n) is 5.77. The molecular formula is C22H25N3O3S2. The van der Waals surface area contributed by atoms with Crippen LogP contribution in [0, 0.1) is 12.3 Å². The topological polar surface area (TPSA) is 70.1 Å². The Morgan fingerprint density at radius 2 is 2.07 bits per heavy atom. The van der Waals surface area contributed by atoms with Crippen LogP contribution in [0.25, 0.3) is 10.1 Å². The van der Waals surface area contributed by atoms with E-state index in [0.717, 1.165) is 29.5 Å². The Labute approximate surface area is 181 Å². The molecule has 2 aromatic rings. The normalized spacial score (nSPS) is 25.0. The van der Waals surface area contributed by atoms with Gasteiger partial charge in [0.2, 0.25) is 5.91 Å². The molecule has 2 aliphatic heterocycles. The predicted octanol–water partition coefficient (Wildman–Crippen LogP) is 2.84. The number of thiophene rings is 1. The zero-order chi connectivity index (χ0) is 21.1. The minimum absolute atomic E-state index is 0.0561. The minimum atomic E-state index is -2.69. The van der Waals surface area contributed by atoms with E-state index in [0.29, 0.717) is 37.4 Å². The van der Waals surface area contributed by atoms with Crippen LogP contribution in [-0.2, 0) is 14.5 Å². The maximum absolute atomic E-state index is 13.3. The molecule has 2 fully saturated rings. The van der Waals surface area contributed by atoms with E-state index in [2.05, 4.69) is 10.3 Å². The fraction of sp³-hybridized carbons (Fsp3) is 0.455. The van der Waals surface area contributed by atoms with Gasteiger partial charge in [0.05, 0.1) is 22.3 Å². The van der Waals surface area contributed by atoms with Gasteiger partial charge in [-0.1, -0.05) is 5.92 Å². The van der Waals surface area contributed by atoms with Crippen molar-refractivity contribution in [3.05, 3.63) is 35.2 Å². The van der Waals surface area contributed by atoms with E-state index < -0.39 is 15.6 Å². The van der Waals surface area contributed by atoms with Crippen LogP contribution in [0.5, 0.6) is 0 Å². The molecule has 2 atom stereocenters. The molecule has 0 saturated carbocycles. The maximum atomic E-state index is 13.3. The zero-order valence-electron chi connectivity index (χ0n) is 16.8. The predicted molar refractivity (Wildman–Crippen MR) is 121 cm³/mol. The number of likely N-dealkylation sites (tertiary alicyclic amines) is 1. The van der Waals surface area contributed by atoms with Crippen molar-refractivity contribution in [2.24, 2.45) is 4.36 Å². The van der Waals surface area contributed by atoms with E-state index in [1.165, 1.54) is 0 Å². The van der Waals surface area contributed by atoms with Gasteiger partial charge in [0, 0.05) is 34.9 Å². The van der Waals surface area contributed by atoms with Crippen molar-refractivity contribution in [2.75, 3.05) is 37.7 Å². The highest BCUT2D eigenvalue weighted by Gasteiger charge is 2.34. The van der Waals surface area contributed by atoms with Crippen LogP contribution in [-0.4, -0.2) is 69.5 Å². The lowest BCUT2D eigenvalue weighted by Crippen LogP contribution is -2.46. The number of terminal acetylenes is 1. The average molecular weight is 444 g/mol. The largest absolute Gasteiger partial charge is 0.340 e. The van der Waals surface area contributed by atoms with Gasteiger partial charge in [-0.25, -0.2) is 4.21 Å². The highest BCUT2D eigenvalue weighted by Crippen LogP contribution is 2.23. The van der Waals surface area contributed by atoms with Crippen LogP contribution in [0.2, 0.25) is 0 Å². The van der Waals surface area contributed by atoms with Gasteiger partial charge >= 0.3 is 0 Å². The number of hydrogen-bond donors (Lipinski definition) is 0. The first-order valence-electron chi connectivity index (χ1n) is 10.2. The summed E-state index contributed by atoms with van der Waals surface area (Å²) in [5.74, 6) is 2.81. The Morgan fingerprint density at radius 1 is 1.20 bits per heavy atom. The lowest BCUT2D eigenvalue weighted by molar-refractivity contribution is -0.135. The summed E-state index contributed by atoms with van der Waals surface area (Å²) in [6.45, 7) is 2.21. The zero-order valence-corrected chi connectivity index (χ0v) is 18.4. The van der Waals surface area contributed by atoms with Gasteiger partial charge in [-0.05, 0) is 60.8 Å². The molecular weight excluding hydrogens is 418 g/mol.